The SMILES string of the molecule is CCCCCCCCCCCCCCCCOCC(CCNC(=O)C(C)(CC)OCCC(C)(C)OC)OCCCCCCCCCCCCCCCC. The molecule has 0 spiro atoms. The summed E-state index contributed by atoms with van der Waals surface area (Å²) in [6.07, 6.45) is 40.2. The van der Waals surface area contributed by atoms with E-state index in [0.29, 0.717) is 26.2 Å². The monoisotopic (exact) mass is 754 g/mol. The maximum atomic E-state index is 13.2. The Morgan fingerprint density at radius 2 is 0.943 bits per heavy atom. The first-order chi connectivity index (χ1) is 25.7. The molecule has 2 unspecified atom stereocenters. The molecule has 0 fully saturated rings. The van der Waals surface area contributed by atoms with Crippen LogP contribution < -0.4 is 5.32 Å². The van der Waals surface area contributed by atoms with Gasteiger partial charge in [-0.05, 0) is 52.9 Å². The van der Waals surface area contributed by atoms with Gasteiger partial charge in [0.2, 0.25) is 0 Å². The summed E-state index contributed by atoms with van der Waals surface area (Å²) in [6, 6.07) is 0. The zero-order valence-electron chi connectivity index (χ0n) is 37.1. The molecule has 0 aliphatic carbocycles. The van der Waals surface area contributed by atoms with Crippen molar-refractivity contribution in [2.75, 3.05) is 40.1 Å². The highest BCUT2D eigenvalue weighted by molar-refractivity contribution is 5.84. The highest BCUT2D eigenvalue weighted by Gasteiger charge is 2.33. The van der Waals surface area contributed by atoms with Crippen molar-refractivity contribution >= 4 is 5.91 Å². The molecule has 0 rings (SSSR count). The van der Waals surface area contributed by atoms with Gasteiger partial charge < -0.3 is 24.3 Å². The Kier molecular flexibility index (Phi) is 37.7. The lowest BCUT2D eigenvalue weighted by Crippen LogP contribution is -2.47. The summed E-state index contributed by atoms with van der Waals surface area (Å²) in [7, 11) is 1.72. The molecule has 0 aromatic heterocycles. The quantitative estimate of drug-likeness (QED) is 0.0628. The van der Waals surface area contributed by atoms with Crippen LogP contribution in [0.1, 0.15) is 241 Å². The summed E-state index contributed by atoms with van der Waals surface area (Å²) in [4.78, 5) is 13.2. The van der Waals surface area contributed by atoms with Crippen molar-refractivity contribution in [3.8, 4) is 0 Å². The van der Waals surface area contributed by atoms with Crippen LogP contribution >= 0.6 is 0 Å². The van der Waals surface area contributed by atoms with Gasteiger partial charge in [0.15, 0.2) is 0 Å². The molecule has 0 aromatic carbocycles. The number of rotatable bonds is 43. The van der Waals surface area contributed by atoms with Crippen LogP contribution in [-0.2, 0) is 23.7 Å². The number of carbonyl (C=O) groups excluding carboxylic acids is 1. The van der Waals surface area contributed by atoms with E-state index in [2.05, 4.69) is 19.2 Å². The standard InChI is InChI=1S/C47H95NO5/c1-8-11-13-15-17-19-21-23-25-27-29-31-33-35-40-51-43-44(37-39-48-45(49)47(6,10-3)53-42-38-46(4,5)50-7)52-41-36-34-32-30-28-26-24-22-20-18-16-14-12-9-2/h44H,8-43H2,1-7H3,(H,48,49). The molecule has 0 aliphatic rings. The fraction of sp³-hybridized carbons (Fsp3) is 0.979. The summed E-state index contributed by atoms with van der Waals surface area (Å²) in [6.45, 7) is 15.8. The Labute approximate surface area is 332 Å². The lowest BCUT2D eigenvalue weighted by atomic mass is 10.0. The molecule has 0 heterocycles. The summed E-state index contributed by atoms with van der Waals surface area (Å²) in [5.74, 6) is -0.0516. The van der Waals surface area contributed by atoms with E-state index >= 15 is 0 Å². The smallest absolute Gasteiger partial charge is 0.251 e. The largest absolute Gasteiger partial charge is 0.379 e. The number of amides is 1. The van der Waals surface area contributed by atoms with Crippen LogP contribution in [0.2, 0.25) is 0 Å². The van der Waals surface area contributed by atoms with Crippen molar-refractivity contribution < 1.29 is 23.7 Å². The molecule has 2 atom stereocenters. The van der Waals surface area contributed by atoms with Crippen LogP contribution in [0.15, 0.2) is 0 Å². The second kappa shape index (κ2) is 38.2. The number of methoxy groups -OCH3 is 1. The van der Waals surface area contributed by atoms with Gasteiger partial charge in [0, 0.05) is 26.9 Å². The van der Waals surface area contributed by atoms with Gasteiger partial charge in [-0.1, -0.05) is 188 Å². The maximum Gasteiger partial charge on any atom is 0.251 e. The van der Waals surface area contributed by atoms with Crippen molar-refractivity contribution in [2.45, 2.75) is 258 Å². The second-order valence-corrected chi connectivity index (χ2v) is 17.0. The molecule has 53 heavy (non-hydrogen) atoms. The predicted octanol–water partition coefficient (Wildman–Crippen LogP) is 13.9. The number of nitrogens with one attached hydrogen (secondary N) is 1. The molecule has 0 aromatic rings. The average Bonchev–Trinajstić information content (AvgIpc) is 3.15. The van der Waals surface area contributed by atoms with Crippen LogP contribution in [0.5, 0.6) is 0 Å². The highest BCUT2D eigenvalue weighted by atomic mass is 16.5. The van der Waals surface area contributed by atoms with E-state index in [4.69, 9.17) is 18.9 Å². The van der Waals surface area contributed by atoms with Crippen molar-refractivity contribution in [3.05, 3.63) is 0 Å². The third-order valence-corrected chi connectivity index (χ3v) is 11.4. The van der Waals surface area contributed by atoms with Gasteiger partial charge in [0.1, 0.15) is 5.60 Å². The minimum atomic E-state index is -0.848. The number of carbonyl (C=O) groups is 1. The minimum absolute atomic E-state index is 0.000204. The molecule has 1 amide bonds. The van der Waals surface area contributed by atoms with E-state index in [1.54, 1.807) is 7.11 Å². The molecule has 1 N–H and O–H groups in total. The topological polar surface area (TPSA) is 66.0 Å². The van der Waals surface area contributed by atoms with Crippen LogP contribution in [0.25, 0.3) is 0 Å². The van der Waals surface area contributed by atoms with Crippen LogP contribution in [0, 0.1) is 0 Å². The van der Waals surface area contributed by atoms with Gasteiger partial charge >= 0.3 is 0 Å². The van der Waals surface area contributed by atoms with Crippen molar-refractivity contribution in [1.82, 2.24) is 5.32 Å². The Morgan fingerprint density at radius 3 is 1.34 bits per heavy atom. The number of hydrogen-bond acceptors (Lipinski definition) is 5. The van der Waals surface area contributed by atoms with E-state index < -0.39 is 5.60 Å². The van der Waals surface area contributed by atoms with Gasteiger partial charge in [-0.2, -0.15) is 0 Å². The van der Waals surface area contributed by atoms with Crippen molar-refractivity contribution in [1.29, 1.82) is 0 Å². The first-order valence-corrected chi connectivity index (χ1v) is 23.4. The third-order valence-electron chi connectivity index (χ3n) is 11.4. The van der Waals surface area contributed by atoms with Crippen LogP contribution in [0.3, 0.4) is 0 Å². The lowest BCUT2D eigenvalue weighted by molar-refractivity contribution is -0.148. The number of hydrogen-bond donors (Lipinski definition) is 1. The van der Waals surface area contributed by atoms with E-state index in [1.807, 2.05) is 27.7 Å². The van der Waals surface area contributed by atoms with E-state index in [1.165, 1.54) is 167 Å². The fourth-order valence-electron chi connectivity index (χ4n) is 6.86. The van der Waals surface area contributed by atoms with Gasteiger partial charge in [-0.15, -0.1) is 0 Å². The fourth-order valence-corrected chi connectivity index (χ4v) is 6.86. The Bertz CT molecular complexity index is 761. The molecule has 0 saturated heterocycles. The molecule has 0 radical (unpaired) electrons. The molecule has 318 valence electrons. The number of ether oxygens (including phenoxy) is 4. The van der Waals surface area contributed by atoms with E-state index in [-0.39, 0.29) is 17.6 Å². The van der Waals surface area contributed by atoms with Gasteiger partial charge in [0.25, 0.3) is 5.91 Å². The van der Waals surface area contributed by atoms with Crippen LogP contribution in [0.4, 0.5) is 0 Å². The third kappa shape index (κ3) is 34.3. The van der Waals surface area contributed by atoms with Crippen molar-refractivity contribution in [3.63, 3.8) is 0 Å². The summed E-state index contributed by atoms with van der Waals surface area (Å²) in [5.41, 5.74) is -1.12. The van der Waals surface area contributed by atoms with E-state index in [9.17, 15) is 4.79 Å². The summed E-state index contributed by atoms with van der Waals surface area (Å²) >= 11 is 0. The zero-order valence-corrected chi connectivity index (χ0v) is 37.1. The van der Waals surface area contributed by atoms with Crippen LogP contribution in [-0.4, -0.2) is 63.3 Å². The average molecular weight is 754 g/mol. The Balaban J connectivity index is 4.35. The summed E-state index contributed by atoms with van der Waals surface area (Å²) < 4.78 is 24.1. The zero-order chi connectivity index (χ0) is 39.1. The maximum absolute atomic E-state index is 13.2. The first kappa shape index (κ1) is 52.3. The molecular weight excluding hydrogens is 659 g/mol. The minimum Gasteiger partial charge on any atom is -0.379 e. The van der Waals surface area contributed by atoms with Gasteiger partial charge in [-0.25, -0.2) is 0 Å². The van der Waals surface area contributed by atoms with Gasteiger partial charge in [-0.3, -0.25) is 4.79 Å². The van der Waals surface area contributed by atoms with E-state index in [0.717, 1.165) is 38.9 Å². The summed E-state index contributed by atoms with van der Waals surface area (Å²) in [5, 5.41) is 3.15. The predicted molar refractivity (Wildman–Crippen MR) is 229 cm³/mol. The molecule has 0 aliphatic heterocycles. The lowest BCUT2D eigenvalue weighted by Gasteiger charge is -2.30. The Morgan fingerprint density at radius 1 is 0.547 bits per heavy atom. The molecule has 0 bridgehead atoms. The van der Waals surface area contributed by atoms with Crippen molar-refractivity contribution in [2.24, 2.45) is 0 Å². The molecule has 6 nitrogen and oxygen atoms in total. The molecule has 6 heteroatoms. The first-order valence-electron chi connectivity index (χ1n) is 23.4. The molecular formula is C47H95NO5. The second-order valence-electron chi connectivity index (χ2n) is 17.0. The number of unbranched alkanes of at least 4 members (excludes halogenated alkanes) is 26. The highest BCUT2D eigenvalue weighted by Crippen LogP contribution is 2.20. The molecule has 0 saturated carbocycles. The van der Waals surface area contributed by atoms with Gasteiger partial charge in [0.05, 0.1) is 24.9 Å². The normalized spacial score (nSPS) is 13.7. The Hall–Kier alpha value is -0.690.